The highest BCUT2D eigenvalue weighted by Gasteiger charge is 2.33. The maximum Gasteiger partial charge on any atom is 0.279 e. The van der Waals surface area contributed by atoms with Crippen LogP contribution >= 0.6 is 23.4 Å². The zero-order valence-electron chi connectivity index (χ0n) is 16.1. The number of aromatic nitrogens is 2. The second kappa shape index (κ2) is 8.05. The molecule has 148 valence electrons. The van der Waals surface area contributed by atoms with E-state index in [9.17, 15) is 9.59 Å². The number of anilines is 1. The van der Waals surface area contributed by atoms with E-state index in [0.29, 0.717) is 27.3 Å². The minimum atomic E-state index is -0.408. The standard InChI is InChI=1S/C22H20ClN3O2S/c1-13-7-3-4-8-14(13)12-29-22-25-21(28)19-16(15-9-5-6-10-17(15)23)11-18(27)24-20(19)26(22)2/h3-10,16H,11-12H2,1-2H3,(H,24,27). The average molecular weight is 426 g/mol. The Bertz CT molecular complexity index is 1160. The molecular weight excluding hydrogens is 406 g/mol. The normalized spacial score (nSPS) is 15.7. The summed E-state index contributed by atoms with van der Waals surface area (Å²) < 4.78 is 1.79. The van der Waals surface area contributed by atoms with Crippen LogP contribution in [0.1, 0.15) is 34.6 Å². The third kappa shape index (κ3) is 3.82. The molecule has 0 spiro atoms. The molecule has 0 aliphatic carbocycles. The molecule has 7 heteroatoms. The van der Waals surface area contributed by atoms with Gasteiger partial charge >= 0.3 is 0 Å². The molecule has 1 unspecified atom stereocenters. The van der Waals surface area contributed by atoms with E-state index in [4.69, 9.17) is 11.6 Å². The molecular formula is C22H20ClN3O2S. The van der Waals surface area contributed by atoms with E-state index in [1.165, 1.54) is 22.9 Å². The van der Waals surface area contributed by atoms with Crippen molar-refractivity contribution >= 4 is 35.1 Å². The third-order valence-corrected chi connectivity index (χ3v) is 6.62. The minimum Gasteiger partial charge on any atom is -0.312 e. The minimum absolute atomic E-state index is 0.140. The molecule has 0 bridgehead atoms. The van der Waals surface area contributed by atoms with Crippen LogP contribution in [0.4, 0.5) is 5.82 Å². The quantitative estimate of drug-likeness (QED) is 0.493. The van der Waals surface area contributed by atoms with Gasteiger partial charge in [-0.25, -0.2) is 0 Å². The van der Waals surface area contributed by atoms with E-state index in [0.717, 1.165) is 5.56 Å². The molecule has 1 aliphatic rings. The number of hydrogen-bond donors (Lipinski definition) is 1. The smallest absolute Gasteiger partial charge is 0.279 e. The van der Waals surface area contributed by atoms with Gasteiger partial charge in [0.25, 0.3) is 5.56 Å². The van der Waals surface area contributed by atoms with Crippen molar-refractivity contribution in [3.8, 4) is 0 Å². The summed E-state index contributed by atoms with van der Waals surface area (Å²) in [6, 6.07) is 15.4. The summed E-state index contributed by atoms with van der Waals surface area (Å²) in [5.74, 6) is 0.638. The predicted octanol–water partition coefficient (Wildman–Crippen LogP) is 4.51. The highest BCUT2D eigenvalue weighted by molar-refractivity contribution is 7.98. The van der Waals surface area contributed by atoms with Crippen molar-refractivity contribution in [2.24, 2.45) is 7.05 Å². The van der Waals surface area contributed by atoms with Crippen LogP contribution < -0.4 is 10.9 Å². The number of nitrogens with one attached hydrogen (secondary N) is 1. The topological polar surface area (TPSA) is 64.0 Å². The Balaban J connectivity index is 1.75. The fourth-order valence-corrected chi connectivity index (χ4v) is 4.91. The van der Waals surface area contributed by atoms with Crippen LogP contribution in [0.5, 0.6) is 0 Å². The van der Waals surface area contributed by atoms with Crippen LogP contribution in [0.2, 0.25) is 5.02 Å². The van der Waals surface area contributed by atoms with Gasteiger partial charge < -0.3 is 9.88 Å². The number of rotatable bonds is 4. The maximum atomic E-state index is 13.0. The second-order valence-electron chi connectivity index (χ2n) is 7.06. The number of hydrogen-bond acceptors (Lipinski definition) is 4. The SMILES string of the molecule is Cc1ccccc1CSc1nc(=O)c2c(n1C)NC(=O)CC2c1ccccc1Cl. The first kappa shape index (κ1) is 19.7. The van der Waals surface area contributed by atoms with Gasteiger partial charge in [0.1, 0.15) is 5.82 Å². The Morgan fingerprint density at radius 3 is 2.66 bits per heavy atom. The molecule has 0 saturated carbocycles. The zero-order chi connectivity index (χ0) is 20.5. The molecule has 0 fully saturated rings. The molecule has 4 rings (SSSR count). The summed E-state index contributed by atoms with van der Waals surface area (Å²) in [6.07, 6.45) is 0.170. The number of nitrogens with zero attached hydrogens (tertiary/aromatic N) is 2. The van der Waals surface area contributed by atoms with Gasteiger partial charge in [-0.3, -0.25) is 9.59 Å². The first-order valence-electron chi connectivity index (χ1n) is 9.28. The lowest BCUT2D eigenvalue weighted by atomic mass is 9.87. The third-order valence-electron chi connectivity index (χ3n) is 5.20. The number of aryl methyl sites for hydroxylation is 1. The van der Waals surface area contributed by atoms with Gasteiger partial charge in [-0.05, 0) is 29.7 Å². The van der Waals surface area contributed by atoms with Crippen LogP contribution in [0.15, 0.2) is 58.5 Å². The van der Waals surface area contributed by atoms with E-state index in [1.807, 2.05) is 37.4 Å². The lowest BCUT2D eigenvalue weighted by Gasteiger charge is -2.28. The number of amides is 1. The van der Waals surface area contributed by atoms with Gasteiger partial charge in [-0.15, -0.1) is 0 Å². The molecule has 0 saturated heterocycles. The summed E-state index contributed by atoms with van der Waals surface area (Å²) >= 11 is 7.84. The molecule has 1 N–H and O–H groups in total. The van der Waals surface area contributed by atoms with Crippen molar-refractivity contribution in [3.05, 3.63) is 86.2 Å². The monoisotopic (exact) mass is 425 g/mol. The molecule has 1 amide bonds. The Labute approximate surface area is 178 Å². The molecule has 29 heavy (non-hydrogen) atoms. The average Bonchev–Trinajstić information content (AvgIpc) is 2.70. The van der Waals surface area contributed by atoms with E-state index in [1.54, 1.807) is 10.6 Å². The number of carbonyl (C=O) groups excluding carboxylic acids is 1. The molecule has 0 radical (unpaired) electrons. The number of carbonyl (C=O) groups is 1. The Morgan fingerprint density at radius 2 is 1.90 bits per heavy atom. The Hall–Kier alpha value is -2.57. The summed E-state index contributed by atoms with van der Waals surface area (Å²) in [5, 5.41) is 3.97. The lowest BCUT2D eigenvalue weighted by molar-refractivity contribution is -0.116. The summed E-state index contributed by atoms with van der Waals surface area (Å²) in [6.45, 7) is 2.06. The van der Waals surface area contributed by atoms with Crippen LogP contribution in [-0.4, -0.2) is 15.5 Å². The zero-order valence-corrected chi connectivity index (χ0v) is 17.7. The largest absolute Gasteiger partial charge is 0.312 e. The van der Waals surface area contributed by atoms with Crippen molar-refractivity contribution in [1.29, 1.82) is 0 Å². The van der Waals surface area contributed by atoms with Gasteiger partial charge in [0.2, 0.25) is 5.91 Å². The van der Waals surface area contributed by atoms with Gasteiger partial charge in [0, 0.05) is 30.2 Å². The molecule has 1 atom stereocenters. The predicted molar refractivity (Wildman–Crippen MR) is 117 cm³/mol. The fraction of sp³-hybridized carbons (Fsp3) is 0.227. The summed E-state index contributed by atoms with van der Waals surface area (Å²) in [5.41, 5.74) is 3.30. The first-order valence-corrected chi connectivity index (χ1v) is 10.6. The van der Waals surface area contributed by atoms with Crippen molar-refractivity contribution in [2.75, 3.05) is 5.32 Å². The van der Waals surface area contributed by atoms with Gasteiger partial charge in [0.05, 0.1) is 5.56 Å². The van der Waals surface area contributed by atoms with E-state index >= 15 is 0 Å². The number of benzene rings is 2. The summed E-state index contributed by atoms with van der Waals surface area (Å²) in [4.78, 5) is 29.7. The van der Waals surface area contributed by atoms with Crippen LogP contribution in [-0.2, 0) is 17.6 Å². The number of thioether (sulfide) groups is 1. The van der Waals surface area contributed by atoms with Crippen molar-refractivity contribution in [1.82, 2.24) is 9.55 Å². The Kier molecular flexibility index (Phi) is 5.48. The van der Waals surface area contributed by atoms with Crippen molar-refractivity contribution in [2.45, 2.75) is 30.2 Å². The molecule has 2 aromatic carbocycles. The van der Waals surface area contributed by atoms with Crippen LogP contribution in [0.25, 0.3) is 0 Å². The fourth-order valence-electron chi connectivity index (χ4n) is 3.60. The van der Waals surface area contributed by atoms with E-state index in [2.05, 4.69) is 29.4 Å². The van der Waals surface area contributed by atoms with Gasteiger partial charge in [-0.1, -0.05) is 65.8 Å². The van der Waals surface area contributed by atoms with Crippen molar-refractivity contribution < 1.29 is 4.79 Å². The van der Waals surface area contributed by atoms with Crippen LogP contribution in [0, 0.1) is 6.92 Å². The molecule has 3 aromatic rings. The highest BCUT2D eigenvalue weighted by atomic mass is 35.5. The van der Waals surface area contributed by atoms with E-state index in [-0.39, 0.29) is 17.9 Å². The lowest BCUT2D eigenvalue weighted by Crippen LogP contribution is -2.33. The second-order valence-corrected chi connectivity index (χ2v) is 8.41. The van der Waals surface area contributed by atoms with Crippen LogP contribution in [0.3, 0.4) is 0 Å². The first-order chi connectivity index (χ1) is 14.0. The molecule has 5 nitrogen and oxygen atoms in total. The number of halogens is 1. The van der Waals surface area contributed by atoms with Gasteiger partial charge in [-0.2, -0.15) is 4.98 Å². The van der Waals surface area contributed by atoms with E-state index < -0.39 is 5.92 Å². The highest BCUT2D eigenvalue weighted by Crippen LogP contribution is 2.38. The van der Waals surface area contributed by atoms with Gasteiger partial charge in [0.15, 0.2) is 5.16 Å². The number of fused-ring (bicyclic) bond motifs is 1. The molecule has 1 aromatic heterocycles. The molecule has 2 heterocycles. The van der Waals surface area contributed by atoms with Crippen molar-refractivity contribution in [3.63, 3.8) is 0 Å². The maximum absolute atomic E-state index is 13.0. The molecule has 1 aliphatic heterocycles. The summed E-state index contributed by atoms with van der Waals surface area (Å²) in [7, 11) is 1.82. The Morgan fingerprint density at radius 1 is 1.17 bits per heavy atom.